The molecule has 0 saturated carbocycles. The predicted octanol–water partition coefficient (Wildman–Crippen LogP) is 5.11. The molecule has 1 aliphatic heterocycles. The van der Waals surface area contributed by atoms with E-state index in [9.17, 15) is 22.8 Å². The zero-order valence-electron chi connectivity index (χ0n) is 22.8. The molecule has 3 aromatic carbocycles. The lowest BCUT2D eigenvalue weighted by molar-refractivity contribution is -0.115. The SMILES string of the molecule is CN1C(C(=O)N(C(=O)OCc2ccccc2)c2ccccn2)=C(OC(=O)OCc2ccccc2)c2ccccc2S1(=O)=O. The number of benzene rings is 3. The van der Waals surface area contributed by atoms with Crippen LogP contribution < -0.4 is 4.90 Å². The third-order valence-corrected chi connectivity index (χ3v) is 8.17. The molecule has 12 heteroatoms. The molecular formula is C31H25N3O8S. The number of fused-ring (bicyclic) bond motifs is 1. The molecule has 1 aliphatic rings. The molecule has 0 aliphatic carbocycles. The van der Waals surface area contributed by atoms with Gasteiger partial charge in [0.15, 0.2) is 11.5 Å². The van der Waals surface area contributed by atoms with Gasteiger partial charge in [-0.25, -0.2) is 23.0 Å². The summed E-state index contributed by atoms with van der Waals surface area (Å²) in [5.41, 5.74) is 0.632. The first kappa shape index (κ1) is 29.0. The minimum atomic E-state index is -4.31. The third kappa shape index (κ3) is 6.23. The van der Waals surface area contributed by atoms with Gasteiger partial charge in [-0.2, -0.15) is 4.90 Å². The van der Waals surface area contributed by atoms with Gasteiger partial charge in [-0.15, -0.1) is 0 Å². The number of hydrogen-bond acceptors (Lipinski definition) is 9. The standard InChI is InChI=1S/C31H25N3O8S/c1-33-27(29(35)34(26-18-10-11-19-32-26)30(36)40-20-22-12-4-2-5-13-22)28(24-16-8-9-17-25(24)43(33,38)39)42-31(37)41-21-23-14-6-3-7-15-23/h2-19H,20-21H2,1H3. The van der Waals surface area contributed by atoms with Crippen LogP contribution in [-0.2, 0) is 42.2 Å². The molecule has 0 N–H and O–H groups in total. The molecule has 0 radical (unpaired) electrons. The summed E-state index contributed by atoms with van der Waals surface area (Å²) >= 11 is 0. The van der Waals surface area contributed by atoms with E-state index in [2.05, 4.69) is 4.98 Å². The number of likely N-dealkylation sites (N-methyl/N-ethyl adjacent to an activating group) is 1. The van der Waals surface area contributed by atoms with E-state index in [1.165, 1.54) is 42.6 Å². The van der Waals surface area contributed by atoms with Crippen molar-refractivity contribution in [2.24, 2.45) is 0 Å². The van der Waals surface area contributed by atoms with Crippen LogP contribution in [0.3, 0.4) is 0 Å². The van der Waals surface area contributed by atoms with E-state index in [0.717, 1.165) is 7.05 Å². The molecule has 0 fully saturated rings. The van der Waals surface area contributed by atoms with Crippen molar-refractivity contribution in [1.29, 1.82) is 0 Å². The predicted molar refractivity (Wildman–Crippen MR) is 154 cm³/mol. The minimum Gasteiger partial charge on any atom is -0.444 e. The van der Waals surface area contributed by atoms with E-state index >= 15 is 0 Å². The quantitative estimate of drug-likeness (QED) is 0.266. The fourth-order valence-corrected chi connectivity index (χ4v) is 5.62. The van der Waals surface area contributed by atoms with Crippen LogP contribution in [0.4, 0.5) is 15.4 Å². The maximum absolute atomic E-state index is 14.2. The van der Waals surface area contributed by atoms with Crippen molar-refractivity contribution < 1.29 is 37.0 Å². The normalized spacial score (nSPS) is 13.5. The van der Waals surface area contributed by atoms with Crippen LogP contribution in [0.15, 0.2) is 120 Å². The largest absolute Gasteiger partial charge is 0.514 e. The summed E-state index contributed by atoms with van der Waals surface area (Å²) in [7, 11) is -3.20. The lowest BCUT2D eigenvalue weighted by atomic mass is 10.1. The summed E-state index contributed by atoms with van der Waals surface area (Å²) in [6, 6.07) is 27.8. The van der Waals surface area contributed by atoms with Gasteiger partial charge in [0.25, 0.3) is 15.9 Å². The fraction of sp³-hybridized carbons (Fsp3) is 0.0968. The van der Waals surface area contributed by atoms with Crippen molar-refractivity contribution in [2.75, 3.05) is 11.9 Å². The Morgan fingerprint density at radius 1 is 0.767 bits per heavy atom. The molecule has 0 saturated heterocycles. The number of hydrogen-bond donors (Lipinski definition) is 0. The summed E-state index contributed by atoms with van der Waals surface area (Å²) in [4.78, 5) is 45.0. The highest BCUT2D eigenvalue weighted by molar-refractivity contribution is 7.89. The number of pyridine rings is 1. The van der Waals surface area contributed by atoms with Crippen molar-refractivity contribution in [3.63, 3.8) is 0 Å². The van der Waals surface area contributed by atoms with Gasteiger partial charge >= 0.3 is 12.2 Å². The number of carbonyl (C=O) groups is 3. The number of sulfonamides is 1. The van der Waals surface area contributed by atoms with Gasteiger partial charge in [-0.1, -0.05) is 78.9 Å². The Morgan fingerprint density at radius 3 is 1.98 bits per heavy atom. The van der Waals surface area contributed by atoms with Crippen molar-refractivity contribution in [3.05, 3.63) is 132 Å². The number of rotatable bonds is 7. The first-order valence-corrected chi connectivity index (χ1v) is 14.4. The number of amides is 2. The van der Waals surface area contributed by atoms with E-state index in [4.69, 9.17) is 14.2 Å². The molecule has 4 aromatic rings. The highest BCUT2D eigenvalue weighted by atomic mass is 32.2. The molecule has 0 unspecified atom stereocenters. The molecule has 43 heavy (non-hydrogen) atoms. The Kier molecular flexibility index (Phi) is 8.49. The maximum Gasteiger partial charge on any atom is 0.514 e. The van der Waals surface area contributed by atoms with Gasteiger partial charge in [0.2, 0.25) is 0 Å². The number of nitrogens with zero attached hydrogens (tertiary/aromatic N) is 3. The number of imide groups is 1. The van der Waals surface area contributed by atoms with Crippen LogP contribution in [0.25, 0.3) is 5.76 Å². The average molecular weight is 600 g/mol. The molecule has 2 heterocycles. The summed E-state index contributed by atoms with van der Waals surface area (Å²) in [5, 5.41) is 0. The number of anilines is 1. The average Bonchev–Trinajstić information content (AvgIpc) is 3.03. The number of aromatic nitrogens is 1. The van der Waals surface area contributed by atoms with Crippen LogP contribution in [0.5, 0.6) is 0 Å². The summed E-state index contributed by atoms with van der Waals surface area (Å²) in [5.74, 6) is -1.73. The molecule has 0 bridgehead atoms. The maximum atomic E-state index is 14.2. The van der Waals surface area contributed by atoms with Gasteiger partial charge in [0, 0.05) is 18.8 Å². The molecule has 5 rings (SSSR count). The van der Waals surface area contributed by atoms with Crippen molar-refractivity contribution in [2.45, 2.75) is 18.1 Å². The summed E-state index contributed by atoms with van der Waals surface area (Å²) < 4.78 is 43.9. The zero-order chi connectivity index (χ0) is 30.4. The molecule has 218 valence electrons. The van der Waals surface area contributed by atoms with E-state index in [-0.39, 0.29) is 29.5 Å². The van der Waals surface area contributed by atoms with E-state index in [0.29, 0.717) is 20.3 Å². The Balaban J connectivity index is 1.56. The van der Waals surface area contributed by atoms with Gasteiger partial charge in [-0.3, -0.25) is 9.10 Å². The molecule has 0 spiro atoms. The minimum absolute atomic E-state index is 0.0702. The highest BCUT2D eigenvalue weighted by Gasteiger charge is 2.43. The number of carbonyl (C=O) groups excluding carboxylic acids is 3. The Morgan fingerprint density at radius 2 is 1.35 bits per heavy atom. The first-order chi connectivity index (χ1) is 20.8. The van der Waals surface area contributed by atoms with E-state index in [1.54, 1.807) is 66.7 Å². The van der Waals surface area contributed by atoms with Gasteiger partial charge in [0.1, 0.15) is 19.0 Å². The van der Waals surface area contributed by atoms with Crippen LogP contribution in [0.2, 0.25) is 0 Å². The molecular weight excluding hydrogens is 574 g/mol. The van der Waals surface area contributed by atoms with Gasteiger partial charge < -0.3 is 14.2 Å². The Labute approximate surface area is 247 Å². The lowest BCUT2D eigenvalue weighted by Gasteiger charge is -2.31. The van der Waals surface area contributed by atoms with Crippen molar-refractivity contribution in [1.82, 2.24) is 9.29 Å². The second kappa shape index (κ2) is 12.6. The van der Waals surface area contributed by atoms with Crippen molar-refractivity contribution in [3.8, 4) is 0 Å². The fourth-order valence-electron chi connectivity index (χ4n) is 4.24. The van der Waals surface area contributed by atoms with Gasteiger partial charge in [0.05, 0.1) is 4.90 Å². The molecule has 11 nitrogen and oxygen atoms in total. The summed E-state index contributed by atoms with van der Waals surface area (Å²) in [6.07, 6.45) is -0.970. The summed E-state index contributed by atoms with van der Waals surface area (Å²) in [6.45, 7) is -0.320. The van der Waals surface area contributed by atoms with Crippen LogP contribution in [0.1, 0.15) is 16.7 Å². The molecule has 1 aromatic heterocycles. The van der Waals surface area contributed by atoms with E-state index < -0.39 is 39.6 Å². The van der Waals surface area contributed by atoms with E-state index in [1.807, 2.05) is 0 Å². The van der Waals surface area contributed by atoms with Crippen LogP contribution in [0, 0.1) is 0 Å². The topological polar surface area (TPSA) is 132 Å². The van der Waals surface area contributed by atoms with Crippen LogP contribution in [-0.4, -0.2) is 42.9 Å². The lowest BCUT2D eigenvalue weighted by Crippen LogP contribution is -2.45. The molecule has 0 atom stereocenters. The third-order valence-electron chi connectivity index (χ3n) is 6.36. The Hall–Kier alpha value is -5.49. The Bertz CT molecular complexity index is 1780. The smallest absolute Gasteiger partial charge is 0.444 e. The zero-order valence-corrected chi connectivity index (χ0v) is 23.6. The molecule has 2 amide bonds. The monoisotopic (exact) mass is 599 g/mol. The van der Waals surface area contributed by atoms with Crippen molar-refractivity contribution >= 4 is 39.8 Å². The van der Waals surface area contributed by atoms with Gasteiger partial charge in [-0.05, 0) is 35.4 Å². The second-order valence-corrected chi connectivity index (χ2v) is 11.1. The highest BCUT2D eigenvalue weighted by Crippen LogP contribution is 2.38. The van der Waals surface area contributed by atoms with Crippen LogP contribution >= 0.6 is 0 Å². The number of ether oxygens (including phenoxy) is 3. The first-order valence-electron chi connectivity index (χ1n) is 12.9. The second-order valence-electron chi connectivity index (χ2n) is 9.14.